The summed E-state index contributed by atoms with van der Waals surface area (Å²) in [5.41, 5.74) is 0. The van der Waals surface area contributed by atoms with Gasteiger partial charge < -0.3 is 4.74 Å². The van der Waals surface area contributed by atoms with E-state index in [9.17, 15) is 0 Å². The van der Waals surface area contributed by atoms with Crippen LogP contribution in [0.1, 0.15) is 25.5 Å². The standard InChI is InChI=1S/C8H11IN2O/c9-7-5-10-11(6-7)8-3-1-2-4-12-8/h5-6,8H,1-4H2/t8-/m1/s1. The van der Waals surface area contributed by atoms with Crippen molar-refractivity contribution in [3.63, 3.8) is 0 Å². The molecule has 12 heavy (non-hydrogen) atoms. The SMILES string of the molecule is Ic1cnn([C@H]2CCCCO2)c1. The number of hydrogen-bond donors (Lipinski definition) is 0. The molecule has 2 heterocycles. The highest BCUT2D eigenvalue weighted by molar-refractivity contribution is 14.1. The molecule has 0 radical (unpaired) electrons. The van der Waals surface area contributed by atoms with Crippen LogP contribution in [0.5, 0.6) is 0 Å². The molecule has 1 aliphatic rings. The lowest BCUT2D eigenvalue weighted by Crippen LogP contribution is -2.18. The molecule has 0 spiro atoms. The third kappa shape index (κ3) is 1.80. The monoisotopic (exact) mass is 278 g/mol. The molecule has 2 rings (SSSR count). The Balaban J connectivity index is 2.08. The second-order valence-corrected chi connectivity index (χ2v) is 4.21. The van der Waals surface area contributed by atoms with E-state index < -0.39 is 0 Å². The van der Waals surface area contributed by atoms with E-state index in [4.69, 9.17) is 4.74 Å². The Morgan fingerprint density at radius 1 is 1.58 bits per heavy atom. The topological polar surface area (TPSA) is 27.1 Å². The minimum absolute atomic E-state index is 0.183. The van der Waals surface area contributed by atoms with Gasteiger partial charge in [-0.1, -0.05) is 0 Å². The van der Waals surface area contributed by atoms with Gasteiger partial charge in [0.15, 0.2) is 0 Å². The maximum Gasteiger partial charge on any atom is 0.150 e. The maximum atomic E-state index is 5.57. The van der Waals surface area contributed by atoms with Gasteiger partial charge in [-0.3, -0.25) is 0 Å². The molecule has 0 N–H and O–H groups in total. The maximum absolute atomic E-state index is 5.57. The molecule has 0 bridgehead atoms. The first-order chi connectivity index (χ1) is 5.86. The molecule has 0 aromatic carbocycles. The summed E-state index contributed by atoms with van der Waals surface area (Å²) in [6.45, 7) is 0.876. The lowest BCUT2D eigenvalue weighted by Gasteiger charge is -2.22. The first kappa shape index (κ1) is 8.50. The van der Waals surface area contributed by atoms with Crippen molar-refractivity contribution in [2.45, 2.75) is 25.5 Å². The summed E-state index contributed by atoms with van der Waals surface area (Å²) in [6, 6.07) is 0. The molecule has 4 heteroatoms. The quantitative estimate of drug-likeness (QED) is 0.736. The number of nitrogens with zero attached hydrogens (tertiary/aromatic N) is 2. The van der Waals surface area contributed by atoms with Crippen molar-refractivity contribution in [2.24, 2.45) is 0 Å². The Bertz CT molecular complexity index is 255. The van der Waals surface area contributed by atoms with Crippen LogP contribution < -0.4 is 0 Å². The highest BCUT2D eigenvalue weighted by Gasteiger charge is 2.15. The molecule has 0 amide bonds. The number of halogens is 1. The van der Waals surface area contributed by atoms with Crippen LogP contribution in [0.2, 0.25) is 0 Å². The Hall–Kier alpha value is -0.100. The van der Waals surface area contributed by atoms with Gasteiger partial charge in [0.05, 0.1) is 9.77 Å². The van der Waals surface area contributed by atoms with Gasteiger partial charge in [-0.05, 0) is 41.9 Å². The first-order valence-corrected chi connectivity index (χ1v) is 5.25. The van der Waals surface area contributed by atoms with Crippen LogP contribution in [0.3, 0.4) is 0 Å². The number of rotatable bonds is 1. The molecule has 1 aliphatic heterocycles. The molecule has 1 atom stereocenters. The van der Waals surface area contributed by atoms with Gasteiger partial charge in [0, 0.05) is 12.8 Å². The molecular weight excluding hydrogens is 267 g/mol. The van der Waals surface area contributed by atoms with Gasteiger partial charge in [0.25, 0.3) is 0 Å². The first-order valence-electron chi connectivity index (χ1n) is 4.17. The van der Waals surface area contributed by atoms with Gasteiger partial charge in [0.1, 0.15) is 6.23 Å². The number of hydrogen-bond acceptors (Lipinski definition) is 2. The van der Waals surface area contributed by atoms with Crippen molar-refractivity contribution in [3.05, 3.63) is 16.0 Å². The fraction of sp³-hybridized carbons (Fsp3) is 0.625. The van der Waals surface area contributed by atoms with E-state index in [-0.39, 0.29) is 6.23 Å². The third-order valence-electron chi connectivity index (χ3n) is 2.02. The zero-order chi connectivity index (χ0) is 8.39. The number of aromatic nitrogens is 2. The predicted molar refractivity (Wildman–Crippen MR) is 53.8 cm³/mol. The van der Waals surface area contributed by atoms with E-state index in [1.807, 2.05) is 17.1 Å². The van der Waals surface area contributed by atoms with E-state index in [0.29, 0.717) is 0 Å². The minimum Gasteiger partial charge on any atom is -0.357 e. The highest BCUT2D eigenvalue weighted by Crippen LogP contribution is 2.21. The molecule has 1 aromatic rings. The molecule has 1 fully saturated rings. The van der Waals surface area contributed by atoms with E-state index in [1.165, 1.54) is 16.4 Å². The average molecular weight is 278 g/mol. The summed E-state index contributed by atoms with van der Waals surface area (Å²) >= 11 is 2.26. The summed E-state index contributed by atoms with van der Waals surface area (Å²) in [6.07, 6.45) is 7.60. The fourth-order valence-corrected chi connectivity index (χ4v) is 1.81. The van der Waals surface area contributed by atoms with Crippen LogP contribution in [0.4, 0.5) is 0 Å². The Morgan fingerprint density at radius 2 is 2.50 bits per heavy atom. The zero-order valence-electron chi connectivity index (χ0n) is 6.74. The van der Waals surface area contributed by atoms with Crippen LogP contribution in [0, 0.1) is 3.57 Å². The molecule has 0 saturated carbocycles. The van der Waals surface area contributed by atoms with Crippen molar-refractivity contribution in [2.75, 3.05) is 6.61 Å². The zero-order valence-corrected chi connectivity index (χ0v) is 8.90. The molecule has 0 unspecified atom stereocenters. The van der Waals surface area contributed by atoms with Gasteiger partial charge in [-0.25, -0.2) is 4.68 Å². The minimum atomic E-state index is 0.183. The lowest BCUT2D eigenvalue weighted by molar-refractivity contribution is -0.0395. The molecule has 66 valence electrons. The van der Waals surface area contributed by atoms with E-state index in [0.717, 1.165) is 13.0 Å². The average Bonchev–Trinajstić information content (AvgIpc) is 2.54. The van der Waals surface area contributed by atoms with Crippen LogP contribution in [-0.2, 0) is 4.74 Å². The van der Waals surface area contributed by atoms with Gasteiger partial charge in [-0.2, -0.15) is 5.10 Å². The van der Waals surface area contributed by atoms with Crippen molar-refractivity contribution in [1.29, 1.82) is 0 Å². The lowest BCUT2D eigenvalue weighted by atomic mass is 10.2. The summed E-state index contributed by atoms with van der Waals surface area (Å²) < 4.78 is 8.66. The van der Waals surface area contributed by atoms with Crippen LogP contribution in [0.25, 0.3) is 0 Å². The second kappa shape index (κ2) is 3.74. The molecule has 3 nitrogen and oxygen atoms in total. The van der Waals surface area contributed by atoms with Crippen molar-refractivity contribution >= 4 is 22.6 Å². The van der Waals surface area contributed by atoms with Crippen molar-refractivity contribution in [1.82, 2.24) is 9.78 Å². The van der Waals surface area contributed by atoms with Crippen LogP contribution in [0.15, 0.2) is 12.4 Å². The van der Waals surface area contributed by atoms with Crippen molar-refractivity contribution < 1.29 is 4.74 Å². The largest absolute Gasteiger partial charge is 0.357 e. The van der Waals surface area contributed by atoms with Gasteiger partial charge in [-0.15, -0.1) is 0 Å². The highest BCUT2D eigenvalue weighted by atomic mass is 127. The normalized spacial score (nSPS) is 24.2. The Kier molecular flexibility index (Phi) is 2.65. The summed E-state index contributed by atoms with van der Waals surface area (Å²) in [7, 11) is 0. The number of ether oxygens (including phenoxy) is 1. The smallest absolute Gasteiger partial charge is 0.150 e. The van der Waals surface area contributed by atoms with Gasteiger partial charge in [0.2, 0.25) is 0 Å². The Labute approximate surface area is 85.2 Å². The third-order valence-corrected chi connectivity index (χ3v) is 2.58. The summed E-state index contributed by atoms with van der Waals surface area (Å²) in [4.78, 5) is 0. The van der Waals surface area contributed by atoms with Gasteiger partial charge >= 0.3 is 0 Å². The van der Waals surface area contributed by atoms with E-state index in [1.54, 1.807) is 0 Å². The van der Waals surface area contributed by atoms with Crippen LogP contribution >= 0.6 is 22.6 Å². The van der Waals surface area contributed by atoms with E-state index >= 15 is 0 Å². The molecule has 1 saturated heterocycles. The molecule has 0 aliphatic carbocycles. The predicted octanol–water partition coefficient (Wildman–Crippen LogP) is 2.19. The molecular formula is C8H11IN2O. The fourth-order valence-electron chi connectivity index (χ4n) is 1.40. The van der Waals surface area contributed by atoms with Crippen molar-refractivity contribution in [3.8, 4) is 0 Å². The summed E-state index contributed by atoms with van der Waals surface area (Å²) in [5, 5.41) is 4.22. The van der Waals surface area contributed by atoms with E-state index in [2.05, 4.69) is 27.7 Å². The summed E-state index contributed by atoms with van der Waals surface area (Å²) in [5.74, 6) is 0. The van der Waals surface area contributed by atoms with Crippen LogP contribution in [-0.4, -0.2) is 16.4 Å². The Morgan fingerprint density at radius 3 is 3.08 bits per heavy atom. The molecule has 1 aromatic heterocycles. The second-order valence-electron chi connectivity index (χ2n) is 2.96.